The topological polar surface area (TPSA) is 50.4 Å². The summed E-state index contributed by atoms with van der Waals surface area (Å²) in [6, 6.07) is 0. The summed E-state index contributed by atoms with van der Waals surface area (Å²) in [7, 11) is 0. The summed E-state index contributed by atoms with van der Waals surface area (Å²) in [6.45, 7) is 0. The van der Waals surface area contributed by atoms with Gasteiger partial charge in [0.2, 0.25) is 0 Å². The lowest BCUT2D eigenvalue weighted by molar-refractivity contribution is 0.348. The van der Waals surface area contributed by atoms with Gasteiger partial charge in [-0.1, -0.05) is 4.48 Å². The third-order valence-electron chi connectivity index (χ3n) is 0.123. The van der Waals surface area contributed by atoms with Crippen LogP contribution in [0, 0.1) is 0 Å². The van der Waals surface area contributed by atoms with Gasteiger partial charge in [-0.3, -0.25) is 0 Å². The fourth-order valence-corrected chi connectivity index (χ4v) is 0.0282. The Hall–Kier alpha value is -0.800. The first kappa shape index (κ1) is 4.20. The fourth-order valence-electron chi connectivity index (χ4n) is 0.0282. The molecule has 0 aromatic rings. The van der Waals surface area contributed by atoms with Crippen molar-refractivity contribution in [2.24, 2.45) is 10.8 Å². The Balaban J connectivity index is 2.62. The number of nitrogens with one attached hydrogen (secondary N) is 1. The molecule has 0 saturated carbocycles. The Kier molecular flexibility index (Phi) is 2.69. The normalized spacial score (nSPS) is 9.00. The van der Waals surface area contributed by atoms with Gasteiger partial charge in [-0.25, -0.2) is 0 Å². The second-order valence-electron chi connectivity index (χ2n) is 0.363. The predicted octanol–water partition coefficient (Wildman–Crippen LogP) is -0.637. The molecule has 0 aliphatic carbocycles. The maximum absolute atomic E-state index is 10.5. The fraction of sp³-hybridized carbons (Fsp3) is 0. The highest BCUT2D eigenvalue weighted by Gasteiger charge is 1.48. The second kappa shape index (κ2) is 3.20. The lowest BCUT2D eigenvalue weighted by Crippen LogP contribution is -1.94. The van der Waals surface area contributed by atoms with E-state index < -0.39 is 0 Å². The van der Waals surface area contributed by atoms with E-state index >= 15 is 0 Å². The summed E-state index contributed by atoms with van der Waals surface area (Å²) in [5, 5.41) is 2.71. The number of nitrogens with zero attached hydrogens (tertiary/aromatic N) is 1. The average molecular weight is 77.1 g/mol. The van der Waals surface area contributed by atoms with Crippen molar-refractivity contribution in [3.05, 3.63) is 0 Å². The monoisotopic (exact) mass is 77.0 g/mol. The zero-order chi connectivity index (χ0) is 4.12. The lowest BCUT2D eigenvalue weighted by Gasteiger charge is -1.69. The van der Waals surface area contributed by atoms with Gasteiger partial charge in [-0.15, -0.1) is 10.7 Å². The van der Waals surface area contributed by atoms with E-state index in [9.17, 15) is 4.48 Å². The first-order valence-electron chi connectivity index (χ1n) is 1.00. The predicted molar refractivity (Wildman–Crippen MR) is 16.9 cm³/mol. The second-order valence-corrected chi connectivity index (χ2v) is 0.363. The number of halogens is 1. The molecule has 0 aliphatic rings. The van der Waals surface area contributed by atoms with Crippen LogP contribution in [0.15, 0.2) is 5.10 Å². The van der Waals surface area contributed by atoms with E-state index in [0.717, 1.165) is 12.0 Å². The van der Waals surface area contributed by atoms with E-state index in [1.807, 2.05) is 0 Å². The van der Waals surface area contributed by atoms with Gasteiger partial charge in [-0.05, 0) is 0 Å². The maximum Gasteiger partial charge on any atom is 0.108 e. The molecule has 30 valence electrons. The van der Waals surface area contributed by atoms with Crippen molar-refractivity contribution < 1.29 is 4.48 Å². The molecule has 0 aromatic carbocycles. The van der Waals surface area contributed by atoms with Gasteiger partial charge >= 0.3 is 0 Å². The van der Waals surface area contributed by atoms with Crippen molar-refractivity contribution in [2.75, 3.05) is 0 Å². The van der Waals surface area contributed by atoms with Crippen LogP contribution in [0.1, 0.15) is 0 Å². The number of nitrogens with two attached hydrogens (primary N) is 1. The van der Waals surface area contributed by atoms with Crippen LogP contribution in [-0.4, -0.2) is 6.34 Å². The van der Waals surface area contributed by atoms with Crippen molar-refractivity contribution in [1.29, 1.82) is 0 Å². The summed E-state index contributed by atoms with van der Waals surface area (Å²) in [5.41, 5.74) is 5.51. The minimum absolute atomic E-state index is 0.819. The minimum Gasteiger partial charge on any atom is -0.388 e. The lowest BCUT2D eigenvalue weighted by atomic mass is 11.4. The van der Waals surface area contributed by atoms with Crippen molar-refractivity contribution >= 4 is 6.34 Å². The minimum atomic E-state index is 0.819. The molecule has 0 aliphatic heterocycles. The molecule has 0 amide bonds. The van der Waals surface area contributed by atoms with Crippen molar-refractivity contribution in [3.8, 4) is 0 Å². The molecule has 0 atom stereocenters. The van der Waals surface area contributed by atoms with Crippen LogP contribution in [0.5, 0.6) is 0 Å². The van der Waals surface area contributed by atoms with E-state index in [1.54, 1.807) is 0 Å². The van der Waals surface area contributed by atoms with E-state index in [1.165, 1.54) is 0 Å². The van der Waals surface area contributed by atoms with E-state index in [0.29, 0.717) is 0 Å². The van der Waals surface area contributed by atoms with Gasteiger partial charge in [0.05, 0.1) is 0 Å². The molecule has 3 N–H and O–H groups in total. The third-order valence-corrected chi connectivity index (χ3v) is 0.123. The number of hydrogen-bond donors (Lipinski definition) is 2. The molecule has 4 heteroatoms. The Labute approximate surface area is 28.6 Å². The molecule has 0 saturated heterocycles. The summed E-state index contributed by atoms with van der Waals surface area (Å²) in [5.74, 6) is 0. The first-order chi connectivity index (χ1) is 2.41. The summed E-state index contributed by atoms with van der Waals surface area (Å²) < 4.78 is 10.5. The molecule has 5 heavy (non-hydrogen) atoms. The van der Waals surface area contributed by atoms with Gasteiger partial charge in [-0.2, -0.15) is 0 Å². The van der Waals surface area contributed by atoms with Crippen molar-refractivity contribution in [1.82, 2.24) is 5.65 Å². The standard InChI is InChI=1S/CH4FN3/c2-5-4-1-3/h1,5H,(H2,3,4). The Bertz CT molecular complexity index is 33.9. The van der Waals surface area contributed by atoms with Crippen LogP contribution >= 0.6 is 0 Å². The van der Waals surface area contributed by atoms with Crippen LogP contribution in [-0.2, 0) is 0 Å². The molecule has 0 fully saturated rings. The quantitative estimate of drug-likeness (QED) is 0.189. The molecule has 0 unspecified atom stereocenters. The molecule has 0 aromatic heterocycles. The average Bonchev–Trinajstić information content (AvgIpc) is 1.41. The molecule has 0 radical (unpaired) electrons. The Morgan fingerprint density at radius 2 is 2.60 bits per heavy atom. The van der Waals surface area contributed by atoms with Gasteiger partial charge in [0, 0.05) is 0 Å². The van der Waals surface area contributed by atoms with Crippen LogP contribution < -0.4 is 11.4 Å². The highest BCUT2D eigenvalue weighted by atomic mass is 19.2. The van der Waals surface area contributed by atoms with Gasteiger partial charge in [0.1, 0.15) is 6.34 Å². The Morgan fingerprint density at radius 1 is 2.00 bits per heavy atom. The van der Waals surface area contributed by atoms with E-state index in [4.69, 9.17) is 0 Å². The highest BCUT2D eigenvalue weighted by molar-refractivity contribution is 5.50. The van der Waals surface area contributed by atoms with Gasteiger partial charge in [0.25, 0.3) is 0 Å². The van der Waals surface area contributed by atoms with Gasteiger partial charge in [0.15, 0.2) is 0 Å². The molecule has 0 spiro atoms. The van der Waals surface area contributed by atoms with Crippen molar-refractivity contribution in [3.63, 3.8) is 0 Å². The Morgan fingerprint density at radius 3 is 2.60 bits per heavy atom. The molecule has 0 rings (SSSR count). The molecular weight excluding hydrogens is 73.0 g/mol. The zero-order valence-electron chi connectivity index (χ0n) is 2.48. The number of hydrogen-bond acceptors (Lipinski definition) is 2. The van der Waals surface area contributed by atoms with Crippen LogP contribution in [0.3, 0.4) is 0 Å². The van der Waals surface area contributed by atoms with Crippen molar-refractivity contribution in [2.45, 2.75) is 0 Å². The maximum atomic E-state index is 10.5. The largest absolute Gasteiger partial charge is 0.388 e. The highest BCUT2D eigenvalue weighted by Crippen LogP contribution is 1.43. The first-order valence-corrected chi connectivity index (χ1v) is 1.00. The zero-order valence-corrected chi connectivity index (χ0v) is 2.48. The van der Waals surface area contributed by atoms with Crippen LogP contribution in [0.4, 0.5) is 4.48 Å². The summed E-state index contributed by atoms with van der Waals surface area (Å²) in [6.07, 6.45) is 0.819. The number of rotatable bonds is 1. The molecular formula is CH4FN3. The van der Waals surface area contributed by atoms with Gasteiger partial charge < -0.3 is 5.73 Å². The summed E-state index contributed by atoms with van der Waals surface area (Å²) >= 11 is 0. The number of hydrazone groups is 1. The third kappa shape index (κ3) is 3.20. The summed E-state index contributed by atoms with van der Waals surface area (Å²) in [4.78, 5) is 0. The molecule has 0 heterocycles. The van der Waals surface area contributed by atoms with E-state index in [-0.39, 0.29) is 0 Å². The molecule has 3 nitrogen and oxygen atoms in total. The van der Waals surface area contributed by atoms with Crippen LogP contribution in [0.2, 0.25) is 0 Å². The van der Waals surface area contributed by atoms with E-state index in [2.05, 4.69) is 10.8 Å². The van der Waals surface area contributed by atoms with Crippen LogP contribution in [0.25, 0.3) is 0 Å². The smallest absolute Gasteiger partial charge is 0.108 e. The SMILES string of the molecule is N/C=N/NF. The molecule has 0 bridgehead atoms.